The molecule has 0 spiro atoms. The number of imidazole rings is 1. The van der Waals surface area contributed by atoms with Crippen LogP contribution >= 0.6 is 0 Å². The van der Waals surface area contributed by atoms with Crippen LogP contribution in [0.5, 0.6) is 0 Å². The van der Waals surface area contributed by atoms with Crippen LogP contribution in [0.4, 0.5) is 0 Å². The maximum atomic E-state index is 5.16. The third-order valence-electron chi connectivity index (χ3n) is 9.72. The van der Waals surface area contributed by atoms with Gasteiger partial charge in [0.15, 0.2) is 0 Å². The minimum Gasteiger partial charge on any atom is -0.309 e. The van der Waals surface area contributed by atoms with Crippen LogP contribution in [-0.4, -0.2) is 28.5 Å². The molecule has 0 saturated heterocycles. The summed E-state index contributed by atoms with van der Waals surface area (Å²) in [6.07, 6.45) is 5.60. The average molecular weight is 601 g/mol. The molecular formula is C41H24N6. The van der Waals surface area contributed by atoms with E-state index in [9.17, 15) is 0 Å². The Kier molecular flexibility index (Phi) is 4.75. The minimum absolute atomic E-state index is 0.910. The number of hydrogen-bond acceptors (Lipinski definition) is 3. The Morgan fingerprint density at radius 3 is 1.98 bits per heavy atom. The summed E-state index contributed by atoms with van der Waals surface area (Å²) in [6.45, 7) is 0. The van der Waals surface area contributed by atoms with Gasteiger partial charge in [-0.2, -0.15) is 0 Å². The summed E-state index contributed by atoms with van der Waals surface area (Å²) in [5.74, 6) is 0. The first-order valence-corrected chi connectivity index (χ1v) is 15.8. The number of fused-ring (bicyclic) bond motifs is 16. The molecule has 6 nitrogen and oxygen atoms in total. The second kappa shape index (κ2) is 9.02. The lowest BCUT2D eigenvalue weighted by Crippen LogP contribution is -1.96. The van der Waals surface area contributed by atoms with Crippen molar-refractivity contribution in [2.75, 3.05) is 0 Å². The third-order valence-corrected chi connectivity index (χ3v) is 9.72. The lowest BCUT2D eigenvalue weighted by molar-refractivity contribution is 1.17. The van der Waals surface area contributed by atoms with Crippen molar-refractivity contribution >= 4 is 82.1 Å². The molecule has 0 aliphatic rings. The van der Waals surface area contributed by atoms with E-state index >= 15 is 0 Å². The molecule has 0 N–H and O–H groups in total. The Hall–Kier alpha value is -6.53. The Balaban J connectivity index is 1.43. The molecule has 11 rings (SSSR count). The molecule has 0 atom stereocenters. The number of pyridine rings is 3. The fourth-order valence-electron chi connectivity index (χ4n) is 7.90. The molecule has 0 unspecified atom stereocenters. The topological polar surface area (TPSA) is 52.9 Å². The molecule has 0 radical (unpaired) electrons. The zero-order valence-electron chi connectivity index (χ0n) is 25.0. The van der Waals surface area contributed by atoms with Gasteiger partial charge in [0.2, 0.25) is 0 Å². The van der Waals surface area contributed by atoms with E-state index < -0.39 is 0 Å². The monoisotopic (exact) mass is 600 g/mol. The van der Waals surface area contributed by atoms with Gasteiger partial charge in [-0.25, -0.2) is 4.98 Å². The van der Waals surface area contributed by atoms with E-state index in [1.165, 1.54) is 38.1 Å². The van der Waals surface area contributed by atoms with E-state index in [0.717, 1.165) is 55.4 Å². The van der Waals surface area contributed by atoms with Crippen molar-refractivity contribution < 1.29 is 0 Å². The van der Waals surface area contributed by atoms with E-state index in [1.807, 2.05) is 24.5 Å². The van der Waals surface area contributed by atoms with Gasteiger partial charge in [0, 0.05) is 56.1 Å². The number of nitrogens with zero attached hydrogens (tertiary/aromatic N) is 6. The summed E-state index contributed by atoms with van der Waals surface area (Å²) < 4.78 is 7.04. The van der Waals surface area contributed by atoms with Crippen molar-refractivity contribution in [3.8, 4) is 11.4 Å². The summed E-state index contributed by atoms with van der Waals surface area (Å²) in [5.41, 5.74) is 11.7. The van der Waals surface area contributed by atoms with E-state index in [0.29, 0.717) is 0 Å². The Bertz CT molecular complexity index is 3060. The Labute approximate surface area is 267 Å². The van der Waals surface area contributed by atoms with Gasteiger partial charge in [0.05, 0.1) is 50.3 Å². The van der Waals surface area contributed by atoms with E-state index in [1.54, 1.807) is 6.20 Å². The van der Waals surface area contributed by atoms with Crippen LogP contribution in [-0.2, 0) is 0 Å². The largest absolute Gasteiger partial charge is 0.309 e. The van der Waals surface area contributed by atoms with Crippen LogP contribution in [0, 0.1) is 0 Å². The summed E-state index contributed by atoms with van der Waals surface area (Å²) in [7, 11) is 0. The van der Waals surface area contributed by atoms with Crippen molar-refractivity contribution in [1.29, 1.82) is 0 Å². The highest BCUT2D eigenvalue weighted by molar-refractivity contribution is 6.34. The maximum absolute atomic E-state index is 5.16. The zero-order chi connectivity index (χ0) is 30.6. The highest BCUT2D eigenvalue weighted by Crippen LogP contribution is 2.45. The highest BCUT2D eigenvalue weighted by atomic mass is 15.0. The van der Waals surface area contributed by atoms with Gasteiger partial charge >= 0.3 is 0 Å². The SMILES string of the molecule is c1ccc(-n2c3ccccc3c3c2ccc2c4c5c(ccc4n(-c4ccccc4)c23)c2nc3ccncc3n2c2cccnc52)cc1. The quantitative estimate of drug-likeness (QED) is 0.186. The van der Waals surface area contributed by atoms with Crippen LogP contribution in [0.3, 0.4) is 0 Å². The molecule has 6 heterocycles. The van der Waals surface area contributed by atoms with Gasteiger partial charge in [-0.15, -0.1) is 0 Å². The second-order valence-electron chi connectivity index (χ2n) is 12.1. The molecule has 6 aromatic heterocycles. The number of aromatic nitrogens is 6. The smallest absolute Gasteiger partial charge is 0.146 e. The van der Waals surface area contributed by atoms with Gasteiger partial charge in [-0.1, -0.05) is 60.7 Å². The molecule has 47 heavy (non-hydrogen) atoms. The Morgan fingerprint density at radius 2 is 1.15 bits per heavy atom. The fourth-order valence-corrected chi connectivity index (χ4v) is 7.90. The first kappa shape index (κ1) is 24.8. The molecule has 0 aliphatic heterocycles. The molecule has 0 amide bonds. The molecule has 0 aliphatic carbocycles. The van der Waals surface area contributed by atoms with E-state index in [-0.39, 0.29) is 0 Å². The van der Waals surface area contributed by atoms with Crippen molar-refractivity contribution in [3.05, 3.63) is 146 Å². The van der Waals surface area contributed by atoms with Crippen LogP contribution in [0.25, 0.3) is 93.5 Å². The van der Waals surface area contributed by atoms with Gasteiger partial charge in [0.1, 0.15) is 5.65 Å². The molecule has 6 heteroatoms. The molecule has 5 aromatic carbocycles. The van der Waals surface area contributed by atoms with Crippen molar-refractivity contribution in [1.82, 2.24) is 28.5 Å². The zero-order valence-corrected chi connectivity index (χ0v) is 25.0. The molecular weight excluding hydrogens is 576 g/mol. The molecule has 0 fully saturated rings. The van der Waals surface area contributed by atoms with Gasteiger partial charge in [0.25, 0.3) is 0 Å². The summed E-state index contributed by atoms with van der Waals surface area (Å²) in [4.78, 5) is 14.7. The van der Waals surface area contributed by atoms with Crippen LogP contribution in [0.2, 0.25) is 0 Å². The van der Waals surface area contributed by atoms with Crippen LogP contribution < -0.4 is 0 Å². The normalized spacial score (nSPS) is 12.3. The maximum Gasteiger partial charge on any atom is 0.146 e. The minimum atomic E-state index is 0.910. The van der Waals surface area contributed by atoms with Gasteiger partial charge in [-0.05, 0) is 66.7 Å². The van der Waals surface area contributed by atoms with E-state index in [2.05, 4.69) is 134 Å². The van der Waals surface area contributed by atoms with Gasteiger partial charge in [-0.3, -0.25) is 14.4 Å². The van der Waals surface area contributed by atoms with Crippen molar-refractivity contribution in [3.63, 3.8) is 0 Å². The number of para-hydroxylation sites is 3. The first-order chi connectivity index (χ1) is 23.4. The number of hydrogen-bond donors (Lipinski definition) is 0. The molecule has 11 aromatic rings. The highest BCUT2D eigenvalue weighted by Gasteiger charge is 2.24. The average Bonchev–Trinajstić information content (AvgIpc) is 3.80. The standard InChI is InChI=1S/C41H24N6/c1-3-10-25(11-4-1)45-31-15-8-7-14-27(31)37-33(45)19-17-28-36-32(46(40(28)37)26-12-5-2-6-13-26)20-18-29-38(36)39-34(16-9-22-43-39)47-35-24-42-23-21-30(35)44-41(29)47/h1-24H. The fraction of sp³-hybridized carbons (Fsp3) is 0. The van der Waals surface area contributed by atoms with Crippen molar-refractivity contribution in [2.24, 2.45) is 0 Å². The van der Waals surface area contributed by atoms with Crippen LogP contribution in [0.15, 0.2) is 146 Å². The second-order valence-corrected chi connectivity index (χ2v) is 12.1. The van der Waals surface area contributed by atoms with Crippen LogP contribution in [0.1, 0.15) is 0 Å². The summed E-state index contributed by atoms with van der Waals surface area (Å²) in [5, 5.41) is 6.99. The summed E-state index contributed by atoms with van der Waals surface area (Å²) in [6, 6.07) is 45.3. The lowest BCUT2D eigenvalue weighted by Gasteiger charge is -2.11. The Morgan fingerprint density at radius 1 is 0.447 bits per heavy atom. The first-order valence-electron chi connectivity index (χ1n) is 15.8. The molecule has 0 bridgehead atoms. The summed E-state index contributed by atoms with van der Waals surface area (Å²) >= 11 is 0. The lowest BCUT2D eigenvalue weighted by atomic mass is 10.0. The van der Waals surface area contributed by atoms with Gasteiger partial charge < -0.3 is 9.13 Å². The number of benzene rings is 5. The predicted octanol–water partition coefficient (Wildman–Crippen LogP) is 9.78. The number of rotatable bonds is 2. The van der Waals surface area contributed by atoms with E-state index in [4.69, 9.17) is 9.97 Å². The predicted molar refractivity (Wildman–Crippen MR) is 192 cm³/mol. The third kappa shape index (κ3) is 3.16. The molecule has 218 valence electrons. The van der Waals surface area contributed by atoms with Crippen molar-refractivity contribution in [2.45, 2.75) is 0 Å². The molecule has 0 saturated carbocycles.